The van der Waals surface area contributed by atoms with Crippen molar-refractivity contribution in [1.82, 2.24) is 9.97 Å². The molecule has 2 rings (SSSR count). The number of nitrogens with one attached hydrogen (secondary N) is 1. The van der Waals surface area contributed by atoms with Gasteiger partial charge < -0.3 is 5.32 Å². The number of benzene rings is 1. The Bertz CT molecular complexity index is 516. The van der Waals surface area contributed by atoms with E-state index in [0.29, 0.717) is 12.2 Å². The Labute approximate surface area is 104 Å². The van der Waals surface area contributed by atoms with Crippen LogP contribution in [-0.2, 0) is 11.2 Å². The number of rotatable bonds is 3. The van der Waals surface area contributed by atoms with Crippen LogP contribution in [0.3, 0.4) is 0 Å². The zero-order valence-corrected chi connectivity index (χ0v) is 9.69. The fraction of sp³-hybridized carbons (Fsp3) is 0.0833. The minimum atomic E-state index is -0.146. The highest BCUT2D eigenvalue weighted by Gasteiger charge is 2.05. The van der Waals surface area contributed by atoms with Gasteiger partial charge in [0, 0.05) is 0 Å². The third-order valence-corrected chi connectivity index (χ3v) is 2.26. The molecular weight excluding hydrogens is 238 g/mol. The van der Waals surface area contributed by atoms with Gasteiger partial charge in [0.2, 0.25) is 5.91 Å². The lowest BCUT2D eigenvalue weighted by molar-refractivity contribution is -0.115. The first-order chi connectivity index (χ1) is 8.24. The summed E-state index contributed by atoms with van der Waals surface area (Å²) in [5.41, 5.74) is 0.944. The van der Waals surface area contributed by atoms with Crippen LogP contribution in [-0.4, -0.2) is 15.9 Å². The van der Waals surface area contributed by atoms with Crippen LogP contribution in [0.1, 0.15) is 5.56 Å². The molecule has 17 heavy (non-hydrogen) atoms. The molecule has 0 unspecified atom stereocenters. The SMILES string of the molecule is O=C(Cc1ccccc1)Nc1cncc(Cl)n1. The van der Waals surface area contributed by atoms with Crippen molar-refractivity contribution < 1.29 is 4.79 Å². The minimum Gasteiger partial charge on any atom is -0.309 e. The van der Waals surface area contributed by atoms with Gasteiger partial charge in [-0.2, -0.15) is 0 Å². The summed E-state index contributed by atoms with van der Waals surface area (Å²) in [4.78, 5) is 19.4. The molecule has 0 radical (unpaired) electrons. The van der Waals surface area contributed by atoms with Gasteiger partial charge in [-0.25, -0.2) is 4.98 Å². The zero-order valence-electron chi connectivity index (χ0n) is 8.93. The number of aromatic nitrogens is 2. The molecule has 1 heterocycles. The Kier molecular flexibility index (Phi) is 3.67. The van der Waals surface area contributed by atoms with Crippen LogP contribution < -0.4 is 5.32 Å². The number of halogens is 1. The molecule has 0 saturated carbocycles. The molecule has 0 aliphatic carbocycles. The Morgan fingerprint density at radius 1 is 1.24 bits per heavy atom. The first kappa shape index (κ1) is 11.5. The molecule has 5 heteroatoms. The third kappa shape index (κ3) is 3.53. The highest BCUT2D eigenvalue weighted by atomic mass is 35.5. The quantitative estimate of drug-likeness (QED) is 0.906. The summed E-state index contributed by atoms with van der Waals surface area (Å²) in [6.45, 7) is 0. The van der Waals surface area contributed by atoms with E-state index in [1.165, 1.54) is 12.4 Å². The average molecular weight is 248 g/mol. The van der Waals surface area contributed by atoms with E-state index in [1.807, 2.05) is 30.3 Å². The van der Waals surface area contributed by atoms with Gasteiger partial charge in [0.25, 0.3) is 0 Å². The summed E-state index contributed by atoms with van der Waals surface area (Å²) in [6.07, 6.45) is 3.16. The molecule has 1 N–H and O–H groups in total. The fourth-order valence-electron chi connectivity index (χ4n) is 1.37. The van der Waals surface area contributed by atoms with Crippen molar-refractivity contribution in [2.45, 2.75) is 6.42 Å². The van der Waals surface area contributed by atoms with Gasteiger partial charge in [-0.1, -0.05) is 41.9 Å². The van der Waals surface area contributed by atoms with Crippen molar-refractivity contribution in [1.29, 1.82) is 0 Å². The van der Waals surface area contributed by atoms with Crippen molar-refractivity contribution in [2.24, 2.45) is 0 Å². The minimum absolute atomic E-state index is 0.146. The maximum atomic E-state index is 11.7. The lowest BCUT2D eigenvalue weighted by Gasteiger charge is -2.03. The molecule has 86 valence electrons. The summed E-state index contributed by atoms with van der Waals surface area (Å²) in [5, 5.41) is 2.89. The third-order valence-electron chi connectivity index (χ3n) is 2.08. The molecule has 0 aliphatic heterocycles. The maximum Gasteiger partial charge on any atom is 0.229 e. The number of hydrogen-bond acceptors (Lipinski definition) is 3. The highest BCUT2D eigenvalue weighted by Crippen LogP contribution is 2.07. The summed E-state index contributed by atoms with van der Waals surface area (Å²) in [7, 11) is 0. The fourth-order valence-corrected chi connectivity index (χ4v) is 1.52. The number of hydrogen-bond donors (Lipinski definition) is 1. The molecule has 1 aromatic heterocycles. The van der Waals surface area contributed by atoms with Crippen LogP contribution in [0.15, 0.2) is 42.7 Å². The number of anilines is 1. The van der Waals surface area contributed by atoms with Gasteiger partial charge >= 0.3 is 0 Å². The number of carbonyl (C=O) groups excluding carboxylic acids is 1. The summed E-state index contributed by atoms with van der Waals surface area (Å²) in [5.74, 6) is 0.214. The smallest absolute Gasteiger partial charge is 0.229 e. The number of amides is 1. The van der Waals surface area contributed by atoms with Gasteiger partial charge in [-0.3, -0.25) is 9.78 Å². The Morgan fingerprint density at radius 3 is 2.71 bits per heavy atom. The number of nitrogens with zero attached hydrogens (tertiary/aromatic N) is 2. The molecule has 2 aromatic rings. The van der Waals surface area contributed by atoms with Gasteiger partial charge in [-0.15, -0.1) is 0 Å². The molecule has 0 saturated heterocycles. The van der Waals surface area contributed by atoms with E-state index in [9.17, 15) is 4.79 Å². The Balaban J connectivity index is 1.98. The van der Waals surface area contributed by atoms with Crippen molar-refractivity contribution >= 4 is 23.3 Å². The first-order valence-corrected chi connectivity index (χ1v) is 5.43. The molecule has 1 amide bonds. The monoisotopic (exact) mass is 247 g/mol. The van der Waals surface area contributed by atoms with E-state index in [-0.39, 0.29) is 11.1 Å². The average Bonchev–Trinajstić information content (AvgIpc) is 2.30. The van der Waals surface area contributed by atoms with E-state index < -0.39 is 0 Å². The van der Waals surface area contributed by atoms with Crippen LogP contribution in [0.2, 0.25) is 5.15 Å². The maximum absolute atomic E-state index is 11.7. The zero-order chi connectivity index (χ0) is 12.1. The second-order valence-corrected chi connectivity index (χ2v) is 3.82. The highest BCUT2D eigenvalue weighted by molar-refractivity contribution is 6.29. The van der Waals surface area contributed by atoms with Crippen molar-refractivity contribution in [3.05, 3.63) is 53.4 Å². The largest absolute Gasteiger partial charge is 0.309 e. The first-order valence-electron chi connectivity index (χ1n) is 5.05. The van der Waals surface area contributed by atoms with E-state index in [4.69, 9.17) is 11.6 Å². The van der Waals surface area contributed by atoms with Gasteiger partial charge in [-0.05, 0) is 5.56 Å². The van der Waals surface area contributed by atoms with Crippen LogP contribution in [0.25, 0.3) is 0 Å². The number of carbonyl (C=O) groups is 1. The van der Waals surface area contributed by atoms with E-state index in [0.717, 1.165) is 5.56 Å². The van der Waals surface area contributed by atoms with E-state index in [2.05, 4.69) is 15.3 Å². The summed E-state index contributed by atoms with van der Waals surface area (Å²) < 4.78 is 0. The molecule has 0 bridgehead atoms. The van der Waals surface area contributed by atoms with Gasteiger partial charge in [0.05, 0.1) is 18.8 Å². The van der Waals surface area contributed by atoms with E-state index >= 15 is 0 Å². The second kappa shape index (κ2) is 5.41. The van der Waals surface area contributed by atoms with E-state index in [1.54, 1.807) is 0 Å². The van der Waals surface area contributed by atoms with Crippen LogP contribution >= 0.6 is 11.6 Å². The van der Waals surface area contributed by atoms with Crippen LogP contribution in [0.4, 0.5) is 5.82 Å². The Morgan fingerprint density at radius 2 is 2.00 bits per heavy atom. The molecule has 1 aromatic carbocycles. The summed E-state index contributed by atoms with van der Waals surface area (Å²) in [6, 6.07) is 9.47. The summed E-state index contributed by atoms with van der Waals surface area (Å²) >= 11 is 5.66. The lowest BCUT2D eigenvalue weighted by atomic mass is 10.1. The molecule has 0 fully saturated rings. The molecule has 0 atom stereocenters. The second-order valence-electron chi connectivity index (χ2n) is 3.44. The molecular formula is C12H10ClN3O. The van der Waals surface area contributed by atoms with Crippen LogP contribution in [0.5, 0.6) is 0 Å². The van der Waals surface area contributed by atoms with Crippen molar-refractivity contribution in [3.8, 4) is 0 Å². The molecule has 0 spiro atoms. The molecule has 0 aliphatic rings. The van der Waals surface area contributed by atoms with Crippen molar-refractivity contribution in [3.63, 3.8) is 0 Å². The van der Waals surface area contributed by atoms with Gasteiger partial charge in [0.1, 0.15) is 5.15 Å². The predicted octanol–water partition coefficient (Wildman–Crippen LogP) is 2.31. The molecule has 4 nitrogen and oxygen atoms in total. The lowest BCUT2D eigenvalue weighted by Crippen LogP contribution is -2.15. The van der Waals surface area contributed by atoms with Crippen LogP contribution in [0, 0.1) is 0 Å². The topological polar surface area (TPSA) is 54.9 Å². The normalized spacial score (nSPS) is 9.94. The predicted molar refractivity (Wildman–Crippen MR) is 65.8 cm³/mol. The standard InChI is InChI=1S/C12H10ClN3O/c13-10-7-14-8-11(15-10)16-12(17)6-9-4-2-1-3-5-9/h1-5,7-8H,6H2,(H,15,16,17). The van der Waals surface area contributed by atoms with Crippen molar-refractivity contribution in [2.75, 3.05) is 5.32 Å². The Hall–Kier alpha value is -1.94. The van der Waals surface area contributed by atoms with Gasteiger partial charge in [0.15, 0.2) is 5.82 Å².